The van der Waals surface area contributed by atoms with Crippen LogP contribution in [0.3, 0.4) is 0 Å². The van der Waals surface area contributed by atoms with E-state index in [-0.39, 0.29) is 19.6 Å². The normalized spacial score (nSPS) is 22.8. The highest BCUT2D eigenvalue weighted by Gasteiger charge is 2.40. The average Bonchev–Trinajstić information content (AvgIpc) is 2.17. The molecule has 5 nitrogen and oxygen atoms in total. The molecule has 0 saturated carbocycles. The van der Waals surface area contributed by atoms with E-state index in [0.29, 0.717) is 17.3 Å². The maximum Gasteiger partial charge on any atom is 0.402 e. The van der Waals surface area contributed by atoms with E-state index in [9.17, 15) is 21.6 Å². The molecule has 0 amide bonds. The molecular formula is C8H16F3N3O2S. The number of halogens is 3. The second-order valence-corrected chi connectivity index (χ2v) is 5.74. The van der Waals surface area contributed by atoms with Crippen LogP contribution >= 0.6 is 0 Å². The average molecular weight is 275 g/mol. The Bertz CT molecular complexity index is 344. The van der Waals surface area contributed by atoms with Crippen LogP contribution < -0.4 is 5.32 Å². The molecule has 0 radical (unpaired) electrons. The van der Waals surface area contributed by atoms with Crippen LogP contribution in [-0.4, -0.2) is 63.0 Å². The van der Waals surface area contributed by atoms with Gasteiger partial charge in [0.1, 0.15) is 6.54 Å². The van der Waals surface area contributed by atoms with E-state index in [1.54, 1.807) is 7.05 Å². The first-order chi connectivity index (χ1) is 7.77. The maximum atomic E-state index is 12.2. The van der Waals surface area contributed by atoms with Crippen LogP contribution in [0.5, 0.6) is 0 Å². The number of alkyl halides is 3. The minimum Gasteiger partial charge on any atom is -0.318 e. The fourth-order valence-corrected chi connectivity index (χ4v) is 3.32. The van der Waals surface area contributed by atoms with E-state index in [4.69, 9.17) is 0 Å². The molecule has 1 N–H and O–H groups in total. The zero-order valence-corrected chi connectivity index (χ0v) is 10.3. The van der Waals surface area contributed by atoms with Crippen molar-refractivity contribution in [1.82, 2.24) is 13.9 Å². The van der Waals surface area contributed by atoms with E-state index in [1.807, 2.05) is 0 Å². The van der Waals surface area contributed by atoms with Gasteiger partial charge in [-0.2, -0.15) is 30.2 Å². The van der Waals surface area contributed by atoms with Gasteiger partial charge in [0.2, 0.25) is 0 Å². The predicted octanol–water partition coefficient (Wildman–Crippen LogP) is 0.0206. The summed E-state index contributed by atoms with van der Waals surface area (Å²) < 4.78 is 61.9. The Morgan fingerprint density at radius 3 is 2.35 bits per heavy atom. The summed E-state index contributed by atoms with van der Waals surface area (Å²) in [5.74, 6) is 0. The number of rotatable bonds is 4. The first-order valence-corrected chi connectivity index (χ1v) is 6.63. The van der Waals surface area contributed by atoms with Gasteiger partial charge in [0.15, 0.2) is 0 Å². The topological polar surface area (TPSA) is 52.6 Å². The van der Waals surface area contributed by atoms with Gasteiger partial charge in [0.05, 0.1) is 0 Å². The number of nitrogens with zero attached hydrogens (tertiary/aromatic N) is 2. The fraction of sp³-hybridized carbons (Fsp3) is 1.00. The van der Waals surface area contributed by atoms with Crippen LogP contribution in [0.25, 0.3) is 0 Å². The van der Waals surface area contributed by atoms with Crippen molar-refractivity contribution in [3.8, 4) is 0 Å². The molecule has 1 saturated heterocycles. The molecule has 0 aromatic heterocycles. The van der Waals surface area contributed by atoms with Crippen LogP contribution in [0.15, 0.2) is 0 Å². The number of likely N-dealkylation sites (N-methyl/N-ethyl adjacent to an activating group) is 1. The molecule has 0 bridgehead atoms. The molecule has 0 spiro atoms. The Hall–Kier alpha value is -0.380. The van der Waals surface area contributed by atoms with Crippen molar-refractivity contribution < 1.29 is 21.6 Å². The first kappa shape index (κ1) is 14.7. The monoisotopic (exact) mass is 275 g/mol. The molecule has 1 fully saturated rings. The summed E-state index contributed by atoms with van der Waals surface area (Å²) in [7, 11) is -2.31. The first-order valence-electron chi connectivity index (χ1n) is 5.24. The lowest BCUT2D eigenvalue weighted by Crippen LogP contribution is -2.53. The van der Waals surface area contributed by atoms with E-state index >= 15 is 0 Å². The van der Waals surface area contributed by atoms with E-state index in [0.717, 1.165) is 4.31 Å². The minimum atomic E-state index is -4.50. The third-order valence-electron chi connectivity index (χ3n) is 2.43. The van der Waals surface area contributed by atoms with Crippen LogP contribution in [0.4, 0.5) is 13.2 Å². The standard InChI is InChI=1S/C8H16F3N3O2S/c1-12-3-6-13-4-2-5-14(17(13,15)16)7-8(9,10)11/h12H,2-7H2,1H3. The number of hydrogen-bond donors (Lipinski definition) is 1. The third-order valence-corrected chi connectivity index (χ3v) is 4.42. The fourth-order valence-electron chi connectivity index (χ4n) is 1.64. The molecule has 1 aliphatic heterocycles. The van der Waals surface area contributed by atoms with Crippen molar-refractivity contribution in [3.05, 3.63) is 0 Å². The highest BCUT2D eigenvalue weighted by atomic mass is 32.2. The summed E-state index contributed by atoms with van der Waals surface area (Å²) in [4.78, 5) is 0. The molecule has 1 heterocycles. The third kappa shape index (κ3) is 4.09. The molecule has 1 aliphatic rings. The van der Waals surface area contributed by atoms with Gasteiger partial charge in [-0.25, -0.2) is 0 Å². The lowest BCUT2D eigenvalue weighted by Gasteiger charge is -2.34. The summed E-state index contributed by atoms with van der Waals surface area (Å²) in [6.45, 7) is -0.603. The van der Waals surface area contributed by atoms with Crippen molar-refractivity contribution in [2.45, 2.75) is 12.6 Å². The van der Waals surface area contributed by atoms with E-state index in [2.05, 4.69) is 5.32 Å². The summed E-state index contributed by atoms with van der Waals surface area (Å²) in [6.07, 6.45) is -4.09. The SMILES string of the molecule is CNCCN1CCCN(CC(F)(F)F)S1(=O)=O. The molecule has 9 heteroatoms. The molecule has 0 aliphatic carbocycles. The lowest BCUT2D eigenvalue weighted by atomic mass is 10.4. The zero-order valence-electron chi connectivity index (χ0n) is 9.50. The highest BCUT2D eigenvalue weighted by molar-refractivity contribution is 7.86. The smallest absolute Gasteiger partial charge is 0.318 e. The Kier molecular flexibility index (Phi) is 4.76. The summed E-state index contributed by atoms with van der Waals surface area (Å²) >= 11 is 0. The summed E-state index contributed by atoms with van der Waals surface area (Å²) in [6, 6.07) is 0. The van der Waals surface area contributed by atoms with Gasteiger partial charge in [0.25, 0.3) is 10.2 Å². The lowest BCUT2D eigenvalue weighted by molar-refractivity contribution is -0.137. The van der Waals surface area contributed by atoms with Gasteiger partial charge in [-0.1, -0.05) is 0 Å². The second kappa shape index (κ2) is 5.51. The summed E-state index contributed by atoms with van der Waals surface area (Å²) in [5, 5.41) is 2.77. The van der Waals surface area contributed by atoms with Gasteiger partial charge >= 0.3 is 6.18 Å². The second-order valence-electron chi connectivity index (χ2n) is 3.81. The maximum absolute atomic E-state index is 12.2. The molecule has 17 heavy (non-hydrogen) atoms. The van der Waals surface area contributed by atoms with Crippen molar-refractivity contribution >= 4 is 10.2 Å². The van der Waals surface area contributed by atoms with Crippen LogP contribution in [0.1, 0.15) is 6.42 Å². The van der Waals surface area contributed by atoms with Gasteiger partial charge in [0, 0.05) is 26.2 Å². The predicted molar refractivity (Wildman–Crippen MR) is 56.7 cm³/mol. The highest BCUT2D eigenvalue weighted by Crippen LogP contribution is 2.22. The Morgan fingerprint density at radius 1 is 1.24 bits per heavy atom. The molecular weight excluding hydrogens is 259 g/mol. The zero-order chi connectivity index (χ0) is 13.1. The van der Waals surface area contributed by atoms with Gasteiger partial charge in [-0.05, 0) is 13.5 Å². The van der Waals surface area contributed by atoms with Crippen LogP contribution in [0.2, 0.25) is 0 Å². The molecule has 1 rings (SSSR count). The van der Waals surface area contributed by atoms with E-state index < -0.39 is 22.9 Å². The van der Waals surface area contributed by atoms with Crippen LogP contribution in [-0.2, 0) is 10.2 Å². The van der Waals surface area contributed by atoms with Gasteiger partial charge in [-0.15, -0.1) is 0 Å². The van der Waals surface area contributed by atoms with Gasteiger partial charge < -0.3 is 5.32 Å². The quantitative estimate of drug-likeness (QED) is 0.787. The van der Waals surface area contributed by atoms with Crippen molar-refractivity contribution in [3.63, 3.8) is 0 Å². The molecule has 0 aromatic rings. The summed E-state index contributed by atoms with van der Waals surface area (Å²) in [5.41, 5.74) is 0. The number of nitrogens with one attached hydrogen (secondary N) is 1. The molecule has 0 atom stereocenters. The molecule has 102 valence electrons. The van der Waals surface area contributed by atoms with Gasteiger partial charge in [-0.3, -0.25) is 0 Å². The Labute approximate surface area is 98.8 Å². The number of hydrogen-bond acceptors (Lipinski definition) is 3. The Balaban J connectivity index is 2.73. The largest absolute Gasteiger partial charge is 0.402 e. The van der Waals surface area contributed by atoms with Crippen molar-refractivity contribution in [2.24, 2.45) is 0 Å². The minimum absolute atomic E-state index is 0.0715. The van der Waals surface area contributed by atoms with Crippen molar-refractivity contribution in [1.29, 1.82) is 0 Å². The Morgan fingerprint density at radius 2 is 1.82 bits per heavy atom. The van der Waals surface area contributed by atoms with E-state index in [1.165, 1.54) is 0 Å². The molecule has 0 unspecified atom stereocenters. The van der Waals surface area contributed by atoms with Crippen molar-refractivity contribution in [2.75, 3.05) is 39.8 Å². The molecule has 0 aromatic carbocycles. The van der Waals surface area contributed by atoms with Crippen LogP contribution in [0, 0.1) is 0 Å².